The van der Waals surface area contributed by atoms with Crippen LogP contribution in [0.2, 0.25) is 0 Å². The Morgan fingerprint density at radius 3 is 2.33 bits per heavy atom. The zero-order valence-electron chi connectivity index (χ0n) is 6.27. The van der Waals surface area contributed by atoms with Crippen LogP contribution in [0.3, 0.4) is 0 Å². The van der Waals surface area contributed by atoms with Crippen molar-refractivity contribution in [2.75, 3.05) is 20.6 Å². The zero-order chi connectivity index (χ0) is 7.33. The van der Waals surface area contributed by atoms with Crippen molar-refractivity contribution < 1.29 is 4.65 Å². The van der Waals surface area contributed by atoms with Crippen molar-refractivity contribution in [3.63, 3.8) is 0 Å². The fourth-order valence-corrected chi connectivity index (χ4v) is 0.450. The molecule has 0 unspecified atom stereocenters. The first-order valence-electron chi connectivity index (χ1n) is 3.00. The summed E-state index contributed by atoms with van der Waals surface area (Å²) in [4.78, 5) is 0. The highest BCUT2D eigenvalue weighted by molar-refractivity contribution is 4.94. The largest absolute Gasteiger partial charge is 0.633 e. The summed E-state index contributed by atoms with van der Waals surface area (Å²) in [5.74, 6) is 5.58. The van der Waals surface area contributed by atoms with Crippen molar-refractivity contribution in [3.05, 3.63) is 5.21 Å². The molecule has 0 N–H and O–H groups in total. The Kier molecular flexibility index (Phi) is 3.29. The van der Waals surface area contributed by atoms with Crippen LogP contribution in [0.15, 0.2) is 0 Å². The lowest BCUT2D eigenvalue weighted by molar-refractivity contribution is -0.839. The maximum atomic E-state index is 10.8. The smallest absolute Gasteiger partial charge is 0.0890 e. The maximum absolute atomic E-state index is 10.8. The zero-order valence-corrected chi connectivity index (χ0v) is 6.27. The van der Waals surface area contributed by atoms with Crippen LogP contribution in [-0.2, 0) is 0 Å². The third-order valence-electron chi connectivity index (χ3n) is 0.952. The molecule has 0 bridgehead atoms. The lowest BCUT2D eigenvalue weighted by atomic mass is 10.4. The van der Waals surface area contributed by atoms with Crippen LogP contribution in [0.5, 0.6) is 0 Å². The van der Waals surface area contributed by atoms with Gasteiger partial charge in [-0.2, -0.15) is 0 Å². The number of quaternary nitrogens is 1. The second-order valence-electron chi connectivity index (χ2n) is 2.47. The second-order valence-corrected chi connectivity index (χ2v) is 2.47. The molecule has 0 amide bonds. The molecule has 0 saturated heterocycles. The predicted molar refractivity (Wildman–Crippen MR) is 38.4 cm³/mol. The van der Waals surface area contributed by atoms with Gasteiger partial charge >= 0.3 is 0 Å². The molecule has 0 aliphatic carbocycles. The normalized spacial score (nSPS) is 10.2. The topological polar surface area (TPSA) is 23.1 Å². The van der Waals surface area contributed by atoms with Crippen molar-refractivity contribution >= 4 is 0 Å². The molecule has 0 aromatic carbocycles. The van der Waals surface area contributed by atoms with Gasteiger partial charge in [0.1, 0.15) is 0 Å². The first-order chi connectivity index (χ1) is 4.06. The van der Waals surface area contributed by atoms with Gasteiger partial charge in [-0.05, 0) is 6.92 Å². The van der Waals surface area contributed by atoms with Crippen molar-refractivity contribution in [1.29, 1.82) is 0 Å². The lowest BCUT2D eigenvalue weighted by Gasteiger charge is -2.32. The van der Waals surface area contributed by atoms with Crippen molar-refractivity contribution in [2.45, 2.75) is 13.3 Å². The molecule has 0 spiro atoms. The summed E-state index contributed by atoms with van der Waals surface area (Å²) in [6.45, 7) is 2.37. The fourth-order valence-electron chi connectivity index (χ4n) is 0.450. The number of hydrogen-bond donors (Lipinski definition) is 0. The summed E-state index contributed by atoms with van der Waals surface area (Å²) in [6, 6.07) is 0. The van der Waals surface area contributed by atoms with E-state index in [2.05, 4.69) is 11.8 Å². The van der Waals surface area contributed by atoms with Crippen LogP contribution in [-0.4, -0.2) is 25.3 Å². The molecule has 0 radical (unpaired) electrons. The Bertz CT molecular complexity index is 124. The highest BCUT2D eigenvalue weighted by Gasteiger charge is 1.96. The molecule has 52 valence electrons. The minimum absolute atomic E-state index is 0.241. The molecule has 9 heavy (non-hydrogen) atoms. The van der Waals surface area contributed by atoms with E-state index in [1.165, 1.54) is 0 Å². The molecule has 0 aromatic heterocycles. The molecule has 0 saturated carbocycles. The van der Waals surface area contributed by atoms with E-state index in [9.17, 15) is 5.21 Å². The van der Waals surface area contributed by atoms with Gasteiger partial charge in [0.25, 0.3) is 0 Å². The van der Waals surface area contributed by atoms with Crippen molar-refractivity contribution in [1.82, 2.24) is 0 Å². The molecule has 2 nitrogen and oxygen atoms in total. The SMILES string of the molecule is CC#CCC[N+](C)(C)[O-]. The van der Waals surface area contributed by atoms with Gasteiger partial charge in [0.15, 0.2) is 0 Å². The van der Waals surface area contributed by atoms with Gasteiger partial charge in [-0.15, -0.1) is 5.92 Å². The molecule has 0 rings (SSSR count). The van der Waals surface area contributed by atoms with E-state index < -0.39 is 0 Å². The summed E-state index contributed by atoms with van der Waals surface area (Å²) in [7, 11) is 3.24. The second kappa shape index (κ2) is 3.49. The first kappa shape index (κ1) is 8.48. The van der Waals surface area contributed by atoms with Gasteiger partial charge in [-0.3, -0.25) is 0 Å². The molecular weight excluding hydrogens is 114 g/mol. The van der Waals surface area contributed by atoms with E-state index in [-0.39, 0.29) is 4.65 Å². The van der Waals surface area contributed by atoms with E-state index in [1.807, 2.05) is 0 Å². The van der Waals surface area contributed by atoms with Gasteiger partial charge < -0.3 is 9.85 Å². The third-order valence-corrected chi connectivity index (χ3v) is 0.952. The molecule has 0 atom stereocenters. The minimum Gasteiger partial charge on any atom is -0.633 e. The van der Waals surface area contributed by atoms with Crippen LogP contribution in [0, 0.1) is 17.0 Å². The Balaban J connectivity index is 3.36. The Morgan fingerprint density at radius 2 is 2.00 bits per heavy atom. The summed E-state index contributed by atoms with van der Waals surface area (Å²) < 4.78 is -0.241. The Hall–Kier alpha value is -0.520. The van der Waals surface area contributed by atoms with Gasteiger partial charge in [0, 0.05) is 0 Å². The maximum Gasteiger partial charge on any atom is 0.0890 e. The molecule has 0 aromatic rings. The summed E-state index contributed by atoms with van der Waals surface area (Å²) in [6.07, 6.45) is 0.701. The average molecular weight is 127 g/mol. The number of rotatable bonds is 2. The summed E-state index contributed by atoms with van der Waals surface area (Å²) in [5.41, 5.74) is 0. The van der Waals surface area contributed by atoms with E-state index in [0.29, 0.717) is 13.0 Å². The lowest BCUT2D eigenvalue weighted by Crippen LogP contribution is -2.32. The minimum atomic E-state index is -0.241. The van der Waals surface area contributed by atoms with Crippen molar-refractivity contribution in [3.8, 4) is 11.8 Å². The third kappa shape index (κ3) is 7.48. The number of nitrogens with zero attached hydrogens (tertiary/aromatic N) is 1. The summed E-state index contributed by atoms with van der Waals surface area (Å²) in [5, 5.41) is 10.8. The highest BCUT2D eigenvalue weighted by Crippen LogP contribution is 1.92. The van der Waals surface area contributed by atoms with Gasteiger partial charge in [-0.1, -0.05) is 5.92 Å². The van der Waals surface area contributed by atoms with Gasteiger partial charge in [-0.25, -0.2) is 0 Å². The van der Waals surface area contributed by atoms with Crippen LogP contribution in [0.4, 0.5) is 0 Å². The van der Waals surface area contributed by atoms with E-state index in [1.54, 1.807) is 21.0 Å². The van der Waals surface area contributed by atoms with Crippen molar-refractivity contribution in [2.24, 2.45) is 0 Å². The average Bonchev–Trinajstić information content (AvgIpc) is 1.63. The monoisotopic (exact) mass is 127 g/mol. The quantitative estimate of drug-likeness (QED) is 0.308. The van der Waals surface area contributed by atoms with Crippen LogP contribution < -0.4 is 0 Å². The van der Waals surface area contributed by atoms with E-state index >= 15 is 0 Å². The predicted octanol–water partition coefficient (Wildman–Crippen LogP) is 0.974. The standard InChI is InChI=1S/C7H13NO/c1-4-5-6-7-8(2,3)9/h6-7H2,1-3H3. The molecule has 0 aliphatic heterocycles. The van der Waals surface area contributed by atoms with Crippen LogP contribution in [0.25, 0.3) is 0 Å². The number of hydroxylamine groups is 3. The van der Waals surface area contributed by atoms with E-state index in [4.69, 9.17) is 0 Å². The Labute approximate surface area is 56.6 Å². The highest BCUT2D eigenvalue weighted by atomic mass is 16.5. The first-order valence-corrected chi connectivity index (χ1v) is 3.00. The molecule has 0 heterocycles. The van der Waals surface area contributed by atoms with Crippen LogP contribution in [0.1, 0.15) is 13.3 Å². The molecule has 0 aliphatic rings. The fraction of sp³-hybridized carbons (Fsp3) is 0.714. The van der Waals surface area contributed by atoms with Gasteiger partial charge in [0.2, 0.25) is 0 Å². The van der Waals surface area contributed by atoms with E-state index in [0.717, 1.165) is 0 Å². The number of hydrogen-bond acceptors (Lipinski definition) is 1. The van der Waals surface area contributed by atoms with Gasteiger partial charge in [0.05, 0.1) is 27.1 Å². The van der Waals surface area contributed by atoms with Crippen LogP contribution >= 0.6 is 0 Å². The molecule has 0 fully saturated rings. The summed E-state index contributed by atoms with van der Waals surface area (Å²) >= 11 is 0. The molecule has 2 heteroatoms. The molecular formula is C7H13NO. The Morgan fingerprint density at radius 1 is 1.44 bits per heavy atom.